The van der Waals surface area contributed by atoms with Gasteiger partial charge in [0.15, 0.2) is 0 Å². The molecule has 0 aliphatic carbocycles. The quantitative estimate of drug-likeness (QED) is 0.464. The summed E-state index contributed by atoms with van der Waals surface area (Å²) in [4.78, 5) is 15.7. The standard InChI is InChI=1S/C15H15FN4O4S/c16-14-5-2-6-15(17-14)18-7-9-19(10-8-18)25(23,24)13-4-1-3-12(11-13)20(21)22/h1-6,11H,7-10H2. The lowest BCUT2D eigenvalue weighted by molar-refractivity contribution is -0.385. The van der Waals surface area contributed by atoms with Crippen molar-refractivity contribution in [3.05, 3.63) is 58.5 Å². The number of nitro benzene ring substituents is 1. The van der Waals surface area contributed by atoms with E-state index in [4.69, 9.17) is 0 Å². The molecule has 1 aromatic heterocycles. The zero-order valence-electron chi connectivity index (χ0n) is 13.1. The highest BCUT2D eigenvalue weighted by atomic mass is 32.2. The van der Waals surface area contributed by atoms with Crippen molar-refractivity contribution in [3.63, 3.8) is 0 Å². The Bertz CT molecular complexity index is 898. The van der Waals surface area contributed by atoms with E-state index < -0.39 is 20.9 Å². The Morgan fingerprint density at radius 1 is 1.08 bits per heavy atom. The van der Waals surface area contributed by atoms with Crippen molar-refractivity contribution in [3.8, 4) is 0 Å². The van der Waals surface area contributed by atoms with Crippen LogP contribution in [0.1, 0.15) is 0 Å². The number of non-ortho nitro benzene ring substituents is 1. The molecule has 0 amide bonds. The highest BCUT2D eigenvalue weighted by Gasteiger charge is 2.29. The van der Waals surface area contributed by atoms with Crippen molar-refractivity contribution < 1.29 is 17.7 Å². The van der Waals surface area contributed by atoms with Crippen LogP contribution in [-0.4, -0.2) is 48.8 Å². The normalized spacial score (nSPS) is 16.0. The van der Waals surface area contributed by atoms with Gasteiger partial charge in [0, 0.05) is 38.3 Å². The number of hydrogen-bond donors (Lipinski definition) is 0. The van der Waals surface area contributed by atoms with Crippen molar-refractivity contribution in [2.24, 2.45) is 0 Å². The Hall–Kier alpha value is -2.59. The van der Waals surface area contributed by atoms with E-state index in [1.54, 1.807) is 17.0 Å². The second-order valence-corrected chi connectivity index (χ2v) is 7.40. The summed E-state index contributed by atoms with van der Waals surface area (Å²) in [5.74, 6) is -0.142. The molecule has 1 aliphatic rings. The van der Waals surface area contributed by atoms with E-state index in [0.717, 1.165) is 6.07 Å². The van der Waals surface area contributed by atoms with E-state index in [2.05, 4.69) is 4.98 Å². The lowest BCUT2D eigenvalue weighted by atomic mass is 10.3. The molecule has 1 fully saturated rings. The summed E-state index contributed by atoms with van der Waals surface area (Å²) < 4.78 is 39.8. The fourth-order valence-corrected chi connectivity index (χ4v) is 4.10. The van der Waals surface area contributed by atoms with Gasteiger partial charge >= 0.3 is 0 Å². The molecular weight excluding hydrogens is 351 g/mol. The number of hydrogen-bond acceptors (Lipinski definition) is 6. The van der Waals surface area contributed by atoms with Gasteiger partial charge < -0.3 is 4.90 Å². The van der Waals surface area contributed by atoms with E-state index in [1.165, 1.54) is 28.6 Å². The van der Waals surface area contributed by atoms with Crippen molar-refractivity contribution in [1.82, 2.24) is 9.29 Å². The van der Waals surface area contributed by atoms with Crippen molar-refractivity contribution in [2.45, 2.75) is 4.90 Å². The zero-order valence-corrected chi connectivity index (χ0v) is 13.9. The predicted octanol–water partition coefficient (Wildman–Crippen LogP) is 1.64. The molecule has 0 N–H and O–H groups in total. The molecule has 2 heterocycles. The number of piperazine rings is 1. The number of benzene rings is 1. The molecule has 1 saturated heterocycles. The molecule has 0 saturated carbocycles. The summed E-state index contributed by atoms with van der Waals surface area (Å²) in [5.41, 5.74) is -0.274. The van der Waals surface area contributed by atoms with Gasteiger partial charge in [-0.2, -0.15) is 8.70 Å². The van der Waals surface area contributed by atoms with Gasteiger partial charge in [-0.1, -0.05) is 12.1 Å². The number of rotatable bonds is 4. The van der Waals surface area contributed by atoms with E-state index in [-0.39, 0.29) is 23.7 Å². The third-order valence-corrected chi connectivity index (χ3v) is 5.82. The van der Waals surface area contributed by atoms with E-state index in [1.807, 2.05) is 0 Å². The summed E-state index contributed by atoms with van der Waals surface area (Å²) in [6, 6.07) is 9.42. The Morgan fingerprint density at radius 3 is 2.40 bits per heavy atom. The molecule has 0 radical (unpaired) electrons. The van der Waals surface area contributed by atoms with E-state index in [9.17, 15) is 22.9 Å². The third kappa shape index (κ3) is 3.59. The lowest BCUT2D eigenvalue weighted by Gasteiger charge is -2.34. The van der Waals surface area contributed by atoms with Crippen molar-refractivity contribution in [1.29, 1.82) is 0 Å². The SMILES string of the molecule is O=[N+]([O-])c1cccc(S(=O)(=O)N2CCN(c3cccc(F)n3)CC2)c1. The number of nitrogens with zero attached hydrogens (tertiary/aromatic N) is 4. The third-order valence-electron chi connectivity index (χ3n) is 3.93. The Balaban J connectivity index is 1.75. The molecule has 2 aromatic rings. The summed E-state index contributed by atoms with van der Waals surface area (Å²) in [5, 5.41) is 10.8. The molecule has 1 aliphatic heterocycles. The zero-order chi connectivity index (χ0) is 18.0. The predicted molar refractivity (Wildman–Crippen MR) is 88.3 cm³/mol. The van der Waals surface area contributed by atoms with Crippen LogP contribution in [0.5, 0.6) is 0 Å². The molecule has 25 heavy (non-hydrogen) atoms. The second-order valence-electron chi connectivity index (χ2n) is 5.46. The van der Waals surface area contributed by atoms with Crippen molar-refractivity contribution >= 4 is 21.5 Å². The van der Waals surface area contributed by atoms with Crippen LogP contribution < -0.4 is 4.90 Å². The maximum Gasteiger partial charge on any atom is 0.270 e. The summed E-state index contributed by atoms with van der Waals surface area (Å²) in [6.45, 7) is 1.07. The topological polar surface area (TPSA) is 96.6 Å². The number of pyridine rings is 1. The summed E-state index contributed by atoms with van der Waals surface area (Å²) in [6.07, 6.45) is 0. The van der Waals surface area contributed by atoms with Gasteiger partial charge in [-0.3, -0.25) is 10.1 Å². The number of nitro groups is 1. The molecule has 0 atom stereocenters. The highest BCUT2D eigenvalue weighted by molar-refractivity contribution is 7.89. The monoisotopic (exact) mass is 366 g/mol. The van der Waals surface area contributed by atoms with Crippen LogP contribution >= 0.6 is 0 Å². The van der Waals surface area contributed by atoms with Crippen LogP contribution in [0, 0.1) is 16.1 Å². The Labute approximate surface area is 143 Å². The first-order valence-electron chi connectivity index (χ1n) is 7.50. The largest absolute Gasteiger partial charge is 0.354 e. The summed E-state index contributed by atoms with van der Waals surface area (Å²) in [7, 11) is -3.82. The van der Waals surface area contributed by atoms with Crippen molar-refractivity contribution in [2.75, 3.05) is 31.1 Å². The number of aromatic nitrogens is 1. The average Bonchev–Trinajstić information content (AvgIpc) is 2.62. The molecule has 132 valence electrons. The minimum Gasteiger partial charge on any atom is -0.354 e. The van der Waals surface area contributed by atoms with Crippen LogP contribution in [0.2, 0.25) is 0 Å². The first-order chi connectivity index (χ1) is 11.9. The molecule has 1 aromatic carbocycles. The van der Waals surface area contributed by atoms with Gasteiger partial charge in [0.25, 0.3) is 5.69 Å². The van der Waals surface area contributed by atoms with Crippen LogP contribution in [0.15, 0.2) is 47.4 Å². The second kappa shape index (κ2) is 6.73. The fraction of sp³-hybridized carbons (Fsp3) is 0.267. The Kier molecular flexibility index (Phi) is 4.64. The fourth-order valence-electron chi connectivity index (χ4n) is 2.64. The molecule has 0 spiro atoms. The van der Waals surface area contributed by atoms with Gasteiger partial charge in [0.1, 0.15) is 5.82 Å². The van der Waals surface area contributed by atoms with Gasteiger partial charge in [-0.15, -0.1) is 0 Å². The highest BCUT2D eigenvalue weighted by Crippen LogP contribution is 2.23. The van der Waals surface area contributed by atoms with E-state index in [0.29, 0.717) is 18.9 Å². The maximum atomic E-state index is 13.2. The van der Waals surface area contributed by atoms with Gasteiger partial charge in [-0.25, -0.2) is 13.4 Å². The summed E-state index contributed by atoms with van der Waals surface area (Å²) >= 11 is 0. The number of anilines is 1. The van der Waals surface area contributed by atoms with Crippen LogP contribution in [0.25, 0.3) is 0 Å². The van der Waals surface area contributed by atoms with Gasteiger partial charge in [0.05, 0.1) is 9.82 Å². The first-order valence-corrected chi connectivity index (χ1v) is 8.94. The van der Waals surface area contributed by atoms with Gasteiger partial charge in [-0.05, 0) is 18.2 Å². The molecule has 0 bridgehead atoms. The molecule has 10 heteroatoms. The van der Waals surface area contributed by atoms with E-state index >= 15 is 0 Å². The maximum absolute atomic E-state index is 13.2. The minimum absolute atomic E-state index is 0.112. The smallest absolute Gasteiger partial charge is 0.270 e. The molecular formula is C15H15FN4O4S. The van der Waals surface area contributed by atoms with Crippen LogP contribution in [0.4, 0.5) is 15.9 Å². The average molecular weight is 366 g/mol. The Morgan fingerprint density at radius 2 is 1.76 bits per heavy atom. The van der Waals surface area contributed by atoms with Crippen LogP contribution in [-0.2, 0) is 10.0 Å². The lowest BCUT2D eigenvalue weighted by Crippen LogP contribution is -2.48. The number of halogens is 1. The minimum atomic E-state index is -3.82. The molecule has 8 nitrogen and oxygen atoms in total. The van der Waals surface area contributed by atoms with Crippen LogP contribution in [0.3, 0.4) is 0 Å². The number of sulfonamides is 1. The first kappa shape index (κ1) is 17.2. The molecule has 3 rings (SSSR count). The molecule has 0 unspecified atom stereocenters. The van der Waals surface area contributed by atoms with Gasteiger partial charge in [0.2, 0.25) is 16.0 Å².